The number of methoxy groups -OCH3 is 2. The van der Waals surface area contributed by atoms with Crippen molar-refractivity contribution in [1.82, 2.24) is 10.9 Å². The van der Waals surface area contributed by atoms with E-state index >= 15 is 0 Å². The second kappa shape index (κ2) is 9.57. The maximum Gasteiger partial charge on any atom is 0.331 e. The molecule has 0 unspecified atom stereocenters. The molecule has 0 radical (unpaired) electrons. The standard InChI is InChI=1S/C18H18N4O6/c1-27-15-5-3-11(7-13(15)23)9-19-21-17(25)18(26)22-20-10-12-4-6-16(28-2)14(24)8-12/h3-10,23-24H,1-2H3,(H,21,25)(H,22,26). The monoisotopic (exact) mass is 386 g/mol. The molecule has 0 aromatic heterocycles. The van der Waals surface area contributed by atoms with Gasteiger partial charge in [0.2, 0.25) is 0 Å². The topological polar surface area (TPSA) is 142 Å². The molecule has 0 saturated heterocycles. The summed E-state index contributed by atoms with van der Waals surface area (Å²) in [5, 5.41) is 26.5. The molecule has 2 aromatic carbocycles. The molecule has 146 valence electrons. The maximum absolute atomic E-state index is 11.6. The highest BCUT2D eigenvalue weighted by atomic mass is 16.5. The van der Waals surface area contributed by atoms with Crippen molar-refractivity contribution in [3.05, 3.63) is 47.5 Å². The molecule has 0 bridgehead atoms. The van der Waals surface area contributed by atoms with Crippen molar-refractivity contribution in [2.24, 2.45) is 10.2 Å². The molecule has 10 heteroatoms. The molecule has 2 rings (SSSR count). The van der Waals surface area contributed by atoms with Crippen LogP contribution in [-0.2, 0) is 9.59 Å². The Kier molecular flexibility index (Phi) is 6.92. The van der Waals surface area contributed by atoms with Crippen molar-refractivity contribution in [2.75, 3.05) is 14.2 Å². The normalized spacial score (nSPS) is 10.8. The summed E-state index contributed by atoms with van der Waals surface area (Å²) in [4.78, 5) is 23.3. The first-order chi connectivity index (χ1) is 13.4. The third kappa shape index (κ3) is 5.46. The zero-order valence-electron chi connectivity index (χ0n) is 15.0. The second-order valence-corrected chi connectivity index (χ2v) is 5.26. The molecule has 28 heavy (non-hydrogen) atoms. The molecule has 0 fully saturated rings. The van der Waals surface area contributed by atoms with E-state index in [1.807, 2.05) is 10.9 Å². The number of phenolic OH excluding ortho intramolecular Hbond substituents is 2. The van der Waals surface area contributed by atoms with Crippen LogP contribution in [0.25, 0.3) is 0 Å². The van der Waals surface area contributed by atoms with E-state index in [-0.39, 0.29) is 11.5 Å². The summed E-state index contributed by atoms with van der Waals surface area (Å²) in [7, 11) is 2.84. The van der Waals surface area contributed by atoms with E-state index in [1.54, 1.807) is 12.1 Å². The Balaban J connectivity index is 1.86. The fourth-order valence-corrected chi connectivity index (χ4v) is 2.01. The third-order valence-corrected chi connectivity index (χ3v) is 3.37. The van der Waals surface area contributed by atoms with E-state index in [0.717, 1.165) is 0 Å². The number of carbonyl (C=O) groups is 2. The van der Waals surface area contributed by atoms with E-state index in [1.165, 1.54) is 50.9 Å². The van der Waals surface area contributed by atoms with Crippen LogP contribution in [0.2, 0.25) is 0 Å². The molecule has 0 heterocycles. The first-order valence-electron chi connectivity index (χ1n) is 7.85. The number of nitrogens with zero attached hydrogens (tertiary/aromatic N) is 2. The van der Waals surface area contributed by atoms with Gasteiger partial charge >= 0.3 is 11.8 Å². The molecular weight excluding hydrogens is 368 g/mol. The predicted molar refractivity (Wildman–Crippen MR) is 101 cm³/mol. The minimum atomic E-state index is -1.04. The fourth-order valence-electron chi connectivity index (χ4n) is 2.01. The quantitative estimate of drug-likeness (QED) is 0.327. The van der Waals surface area contributed by atoms with Gasteiger partial charge in [0, 0.05) is 0 Å². The lowest BCUT2D eigenvalue weighted by atomic mass is 10.2. The number of hydrogen-bond acceptors (Lipinski definition) is 8. The number of hydrazone groups is 2. The summed E-state index contributed by atoms with van der Waals surface area (Å²) in [5.41, 5.74) is 5.02. The van der Waals surface area contributed by atoms with Gasteiger partial charge in [0.1, 0.15) is 0 Å². The van der Waals surface area contributed by atoms with Crippen LogP contribution >= 0.6 is 0 Å². The molecule has 4 N–H and O–H groups in total. The minimum Gasteiger partial charge on any atom is -0.504 e. The summed E-state index contributed by atoms with van der Waals surface area (Å²) in [5.74, 6) is -1.66. The largest absolute Gasteiger partial charge is 0.504 e. The van der Waals surface area contributed by atoms with Crippen molar-refractivity contribution in [1.29, 1.82) is 0 Å². The molecule has 2 aromatic rings. The molecule has 0 aliphatic heterocycles. The number of ether oxygens (including phenoxy) is 2. The fraction of sp³-hybridized carbons (Fsp3) is 0.111. The van der Waals surface area contributed by atoms with Crippen LogP contribution in [0, 0.1) is 0 Å². The van der Waals surface area contributed by atoms with Crippen LogP contribution in [0.3, 0.4) is 0 Å². The van der Waals surface area contributed by atoms with Crippen molar-refractivity contribution in [2.45, 2.75) is 0 Å². The molecule has 0 saturated carbocycles. The molecule has 0 atom stereocenters. The lowest BCUT2D eigenvalue weighted by Crippen LogP contribution is -2.35. The van der Waals surface area contributed by atoms with Gasteiger partial charge in [-0.1, -0.05) is 0 Å². The van der Waals surface area contributed by atoms with Crippen molar-refractivity contribution in [3.8, 4) is 23.0 Å². The Morgan fingerprint density at radius 1 is 0.821 bits per heavy atom. The number of nitrogens with one attached hydrogen (secondary N) is 2. The van der Waals surface area contributed by atoms with Crippen LogP contribution in [-0.4, -0.2) is 48.7 Å². The Hall–Kier alpha value is -4.08. The number of aromatic hydroxyl groups is 2. The van der Waals surface area contributed by atoms with Crippen LogP contribution < -0.4 is 20.3 Å². The number of phenols is 2. The van der Waals surface area contributed by atoms with Crippen LogP contribution in [0.4, 0.5) is 0 Å². The number of amides is 2. The van der Waals surface area contributed by atoms with Crippen molar-refractivity contribution in [3.63, 3.8) is 0 Å². The summed E-state index contributed by atoms with van der Waals surface area (Å²) in [6.45, 7) is 0. The van der Waals surface area contributed by atoms with Gasteiger partial charge in [-0.25, -0.2) is 10.9 Å². The van der Waals surface area contributed by atoms with E-state index in [0.29, 0.717) is 22.6 Å². The first kappa shape index (κ1) is 20.2. The smallest absolute Gasteiger partial charge is 0.331 e. The second-order valence-electron chi connectivity index (χ2n) is 5.26. The maximum atomic E-state index is 11.6. The number of hydrogen-bond donors (Lipinski definition) is 4. The average molecular weight is 386 g/mol. The van der Waals surface area contributed by atoms with E-state index < -0.39 is 11.8 Å². The lowest BCUT2D eigenvalue weighted by Gasteiger charge is -2.03. The van der Waals surface area contributed by atoms with Gasteiger partial charge < -0.3 is 19.7 Å². The molecule has 2 amide bonds. The van der Waals surface area contributed by atoms with Gasteiger partial charge in [0.05, 0.1) is 26.6 Å². The first-order valence-corrected chi connectivity index (χ1v) is 7.85. The number of carbonyl (C=O) groups excluding carboxylic acids is 2. The van der Waals surface area contributed by atoms with Gasteiger partial charge in [-0.15, -0.1) is 0 Å². The van der Waals surface area contributed by atoms with Crippen molar-refractivity contribution >= 4 is 24.2 Å². The van der Waals surface area contributed by atoms with Gasteiger partial charge in [0.15, 0.2) is 23.0 Å². The third-order valence-electron chi connectivity index (χ3n) is 3.37. The van der Waals surface area contributed by atoms with Gasteiger partial charge in [0.25, 0.3) is 0 Å². The average Bonchev–Trinajstić information content (AvgIpc) is 2.68. The SMILES string of the molecule is COc1ccc(C=NNC(=O)C(=O)NN=Cc2ccc(OC)c(O)c2)cc1O. The Labute approximate surface area is 160 Å². The van der Waals surface area contributed by atoms with Gasteiger partial charge in [-0.3, -0.25) is 9.59 Å². The molecule has 0 aliphatic carbocycles. The molecule has 0 spiro atoms. The minimum absolute atomic E-state index is 0.0885. The highest BCUT2D eigenvalue weighted by molar-refractivity contribution is 6.35. The molecule has 10 nitrogen and oxygen atoms in total. The summed E-state index contributed by atoms with van der Waals surface area (Å²) in [6.07, 6.45) is 2.49. The molecule has 0 aliphatic rings. The summed E-state index contributed by atoms with van der Waals surface area (Å²) in [6, 6.07) is 9.01. The van der Waals surface area contributed by atoms with Crippen LogP contribution in [0.5, 0.6) is 23.0 Å². The lowest BCUT2D eigenvalue weighted by molar-refractivity contribution is -0.139. The van der Waals surface area contributed by atoms with E-state index in [4.69, 9.17) is 9.47 Å². The highest BCUT2D eigenvalue weighted by Crippen LogP contribution is 2.26. The Morgan fingerprint density at radius 3 is 1.54 bits per heavy atom. The van der Waals surface area contributed by atoms with E-state index in [2.05, 4.69) is 10.2 Å². The Morgan fingerprint density at radius 2 is 1.21 bits per heavy atom. The van der Waals surface area contributed by atoms with Crippen molar-refractivity contribution < 1.29 is 29.3 Å². The zero-order chi connectivity index (χ0) is 20.5. The highest BCUT2D eigenvalue weighted by Gasteiger charge is 2.11. The summed E-state index contributed by atoms with van der Waals surface area (Å²) < 4.78 is 9.82. The summed E-state index contributed by atoms with van der Waals surface area (Å²) >= 11 is 0. The number of rotatable bonds is 6. The number of benzene rings is 2. The van der Waals surface area contributed by atoms with E-state index in [9.17, 15) is 19.8 Å². The van der Waals surface area contributed by atoms with Gasteiger partial charge in [-0.2, -0.15) is 10.2 Å². The van der Waals surface area contributed by atoms with Crippen LogP contribution in [0.1, 0.15) is 11.1 Å². The van der Waals surface area contributed by atoms with Crippen LogP contribution in [0.15, 0.2) is 46.6 Å². The predicted octanol–water partition coefficient (Wildman–Crippen LogP) is 0.715. The molecular formula is C18H18N4O6. The zero-order valence-corrected chi connectivity index (χ0v) is 15.0. The van der Waals surface area contributed by atoms with Gasteiger partial charge in [-0.05, 0) is 47.5 Å². The Bertz CT molecular complexity index is 851.